The monoisotopic (exact) mass is 464 g/mol. The highest BCUT2D eigenvalue weighted by Crippen LogP contribution is 2.44. The van der Waals surface area contributed by atoms with Crippen LogP contribution in [0.5, 0.6) is 0 Å². The number of hydrogen-bond acceptors (Lipinski definition) is 4. The van der Waals surface area contributed by atoms with Crippen LogP contribution in [-0.2, 0) is 14.3 Å². The van der Waals surface area contributed by atoms with Gasteiger partial charge in [0.25, 0.3) is 0 Å². The number of benzene rings is 2. The van der Waals surface area contributed by atoms with E-state index in [0.717, 1.165) is 35.1 Å². The fourth-order valence-electron chi connectivity index (χ4n) is 5.30. The summed E-state index contributed by atoms with van der Waals surface area (Å²) in [7, 11) is 0. The number of carboxylic acid groups (broad SMARTS) is 1. The number of rotatable bonds is 9. The Balaban J connectivity index is 1.33. The van der Waals surface area contributed by atoms with E-state index in [1.165, 1.54) is 0 Å². The molecule has 7 heteroatoms. The van der Waals surface area contributed by atoms with Crippen molar-refractivity contribution in [3.63, 3.8) is 0 Å². The molecule has 4 rings (SSSR count). The molecule has 0 heterocycles. The van der Waals surface area contributed by atoms with Gasteiger partial charge in [0.1, 0.15) is 12.6 Å². The Bertz CT molecular complexity index is 1010. The zero-order chi connectivity index (χ0) is 24.1. The molecule has 0 spiro atoms. The van der Waals surface area contributed by atoms with Crippen LogP contribution in [0.1, 0.15) is 56.1 Å². The molecule has 3 atom stereocenters. The Kier molecular flexibility index (Phi) is 7.50. The molecule has 1 fully saturated rings. The number of nitrogens with one attached hydrogen (secondary N) is 2. The van der Waals surface area contributed by atoms with Gasteiger partial charge in [0.2, 0.25) is 5.91 Å². The number of ether oxygens (including phenoxy) is 1. The minimum atomic E-state index is -0.807. The molecule has 0 radical (unpaired) electrons. The number of hydrogen-bond donors (Lipinski definition) is 3. The zero-order valence-corrected chi connectivity index (χ0v) is 19.5. The molecule has 0 saturated heterocycles. The fourth-order valence-corrected chi connectivity index (χ4v) is 5.30. The molecule has 1 saturated carbocycles. The van der Waals surface area contributed by atoms with Gasteiger partial charge in [-0.1, -0.05) is 68.3 Å². The summed E-state index contributed by atoms with van der Waals surface area (Å²) < 4.78 is 5.59. The maximum Gasteiger partial charge on any atom is 0.407 e. The van der Waals surface area contributed by atoms with Crippen molar-refractivity contribution in [3.05, 3.63) is 59.7 Å². The normalized spacial score (nSPS) is 19.7. The number of amides is 2. The van der Waals surface area contributed by atoms with Gasteiger partial charge in [-0.3, -0.25) is 9.59 Å². The third-order valence-electron chi connectivity index (χ3n) is 7.04. The van der Waals surface area contributed by atoms with E-state index in [0.29, 0.717) is 25.8 Å². The predicted octanol–water partition coefficient (Wildman–Crippen LogP) is 4.31. The molecule has 0 bridgehead atoms. The average Bonchev–Trinajstić information content (AvgIpc) is 3.44. The summed E-state index contributed by atoms with van der Waals surface area (Å²) in [4.78, 5) is 36.8. The summed E-state index contributed by atoms with van der Waals surface area (Å²) in [6, 6.07) is 15.5. The molecular weight excluding hydrogens is 432 g/mol. The van der Waals surface area contributed by atoms with E-state index in [4.69, 9.17) is 4.74 Å². The molecule has 2 aromatic carbocycles. The largest absolute Gasteiger partial charge is 0.481 e. The molecule has 2 aromatic rings. The van der Waals surface area contributed by atoms with Crippen LogP contribution in [0.2, 0.25) is 0 Å². The summed E-state index contributed by atoms with van der Waals surface area (Å²) in [5, 5.41) is 14.9. The van der Waals surface area contributed by atoms with Crippen molar-refractivity contribution >= 4 is 18.0 Å². The second-order valence-corrected chi connectivity index (χ2v) is 9.19. The van der Waals surface area contributed by atoms with Crippen molar-refractivity contribution in [2.45, 2.75) is 51.0 Å². The third-order valence-corrected chi connectivity index (χ3v) is 7.04. The summed E-state index contributed by atoms with van der Waals surface area (Å²) in [5.41, 5.74) is 4.57. The number of carboxylic acids is 1. The summed E-state index contributed by atoms with van der Waals surface area (Å²) in [6.07, 6.45) is 2.85. The fraction of sp³-hybridized carbons (Fsp3) is 0.444. The van der Waals surface area contributed by atoms with Crippen molar-refractivity contribution in [3.8, 4) is 11.1 Å². The van der Waals surface area contributed by atoms with Gasteiger partial charge in [0.05, 0.1) is 5.92 Å². The van der Waals surface area contributed by atoms with Crippen LogP contribution in [0.4, 0.5) is 4.79 Å². The van der Waals surface area contributed by atoms with Gasteiger partial charge in [-0.2, -0.15) is 0 Å². The van der Waals surface area contributed by atoms with Gasteiger partial charge >= 0.3 is 12.1 Å². The van der Waals surface area contributed by atoms with Crippen molar-refractivity contribution in [1.29, 1.82) is 0 Å². The van der Waals surface area contributed by atoms with Crippen molar-refractivity contribution in [2.24, 2.45) is 11.8 Å². The lowest BCUT2D eigenvalue weighted by molar-refractivity contribution is -0.143. The Morgan fingerprint density at radius 1 is 1.03 bits per heavy atom. The maximum atomic E-state index is 12.8. The highest BCUT2D eigenvalue weighted by molar-refractivity contribution is 5.85. The smallest absolute Gasteiger partial charge is 0.407 e. The van der Waals surface area contributed by atoms with Crippen molar-refractivity contribution in [2.75, 3.05) is 13.2 Å². The molecule has 0 aliphatic heterocycles. The van der Waals surface area contributed by atoms with E-state index in [1.54, 1.807) is 0 Å². The molecule has 180 valence electrons. The van der Waals surface area contributed by atoms with Crippen LogP contribution >= 0.6 is 0 Å². The van der Waals surface area contributed by atoms with Gasteiger partial charge < -0.3 is 20.5 Å². The Morgan fingerprint density at radius 3 is 2.29 bits per heavy atom. The number of carbonyl (C=O) groups excluding carboxylic acids is 2. The van der Waals surface area contributed by atoms with Crippen molar-refractivity contribution in [1.82, 2.24) is 10.6 Å². The van der Waals surface area contributed by atoms with Crippen LogP contribution in [0, 0.1) is 11.8 Å². The summed E-state index contributed by atoms with van der Waals surface area (Å²) in [5.74, 6) is -1.64. The molecule has 34 heavy (non-hydrogen) atoms. The molecular formula is C27H32N2O5. The Hall–Kier alpha value is -3.35. The third kappa shape index (κ3) is 5.08. The Morgan fingerprint density at radius 2 is 1.68 bits per heavy atom. The average molecular weight is 465 g/mol. The topological polar surface area (TPSA) is 105 Å². The molecule has 0 unspecified atom stereocenters. The zero-order valence-electron chi connectivity index (χ0n) is 19.5. The molecule has 3 N–H and O–H groups in total. The number of fused-ring (bicyclic) bond motifs is 3. The highest BCUT2D eigenvalue weighted by atomic mass is 16.5. The summed E-state index contributed by atoms with van der Waals surface area (Å²) in [6.45, 7) is 2.43. The van der Waals surface area contributed by atoms with Crippen LogP contribution in [0.25, 0.3) is 11.1 Å². The molecule has 2 aliphatic carbocycles. The van der Waals surface area contributed by atoms with Gasteiger partial charge in [-0.15, -0.1) is 0 Å². The predicted molar refractivity (Wildman–Crippen MR) is 128 cm³/mol. The number of carbonyl (C=O) groups is 3. The minimum absolute atomic E-state index is 0.0491. The SMILES string of the molecule is CCC[C@H](NC(=O)OCC1c2ccccc2-c2ccccc21)C(=O)NC[C@H]1CCC[C@H]1C(=O)O. The van der Waals surface area contributed by atoms with Crippen LogP contribution in [0.15, 0.2) is 48.5 Å². The van der Waals surface area contributed by atoms with E-state index in [2.05, 4.69) is 34.9 Å². The lowest BCUT2D eigenvalue weighted by atomic mass is 9.96. The first-order chi connectivity index (χ1) is 16.5. The quantitative estimate of drug-likeness (QED) is 0.513. The highest BCUT2D eigenvalue weighted by Gasteiger charge is 2.34. The van der Waals surface area contributed by atoms with E-state index >= 15 is 0 Å². The lowest BCUT2D eigenvalue weighted by Gasteiger charge is -2.21. The minimum Gasteiger partial charge on any atom is -0.481 e. The molecule has 2 aliphatic rings. The summed E-state index contributed by atoms with van der Waals surface area (Å²) >= 11 is 0. The molecule has 0 aromatic heterocycles. The first kappa shape index (κ1) is 23.8. The van der Waals surface area contributed by atoms with E-state index in [1.807, 2.05) is 31.2 Å². The van der Waals surface area contributed by atoms with Crippen LogP contribution < -0.4 is 10.6 Å². The van der Waals surface area contributed by atoms with Gasteiger partial charge in [0.15, 0.2) is 0 Å². The van der Waals surface area contributed by atoms with Gasteiger partial charge in [-0.05, 0) is 47.4 Å². The number of alkyl carbamates (subject to hydrolysis) is 1. The maximum absolute atomic E-state index is 12.8. The second kappa shape index (κ2) is 10.7. The standard InChI is InChI=1S/C27H32N2O5/c1-2-8-24(25(30)28-15-17-9-7-14-18(17)26(31)32)29-27(33)34-16-23-21-12-5-3-10-19(21)20-11-4-6-13-22(20)23/h3-6,10-13,17-18,23-24H,2,7-9,14-16H2,1H3,(H,28,30)(H,29,33)(H,31,32)/t17-,18-,24+/m1/s1. The molecule has 2 amide bonds. The Labute approximate surface area is 199 Å². The second-order valence-electron chi connectivity index (χ2n) is 9.19. The van der Waals surface area contributed by atoms with E-state index in [-0.39, 0.29) is 24.3 Å². The molecule has 7 nitrogen and oxygen atoms in total. The van der Waals surface area contributed by atoms with Crippen LogP contribution in [0.3, 0.4) is 0 Å². The first-order valence-corrected chi connectivity index (χ1v) is 12.1. The van der Waals surface area contributed by atoms with Gasteiger partial charge in [-0.25, -0.2) is 4.79 Å². The first-order valence-electron chi connectivity index (χ1n) is 12.1. The van der Waals surface area contributed by atoms with Gasteiger partial charge in [0, 0.05) is 12.5 Å². The van der Waals surface area contributed by atoms with E-state index in [9.17, 15) is 19.5 Å². The lowest BCUT2D eigenvalue weighted by Crippen LogP contribution is -2.48. The van der Waals surface area contributed by atoms with Crippen LogP contribution in [-0.4, -0.2) is 42.3 Å². The number of aliphatic carboxylic acids is 1. The van der Waals surface area contributed by atoms with Crippen molar-refractivity contribution < 1.29 is 24.2 Å². The van der Waals surface area contributed by atoms with E-state index < -0.39 is 24.0 Å².